The van der Waals surface area contributed by atoms with E-state index in [-0.39, 0.29) is 24.7 Å². The standard InChI is InChI=1S/C14H16ClFO4/c1-2-19-13(18)7-14(8-17)3-4-20-12-6-10(15)11(16)5-9(12)14/h5-6,17H,2-4,7-8H2,1H3. The van der Waals surface area contributed by atoms with Gasteiger partial charge in [-0.15, -0.1) is 0 Å². The van der Waals surface area contributed by atoms with E-state index in [2.05, 4.69) is 0 Å². The summed E-state index contributed by atoms with van der Waals surface area (Å²) in [4.78, 5) is 11.7. The van der Waals surface area contributed by atoms with Gasteiger partial charge in [-0.1, -0.05) is 11.6 Å². The molecule has 1 aliphatic rings. The summed E-state index contributed by atoms with van der Waals surface area (Å²) in [6.45, 7) is 2.01. The summed E-state index contributed by atoms with van der Waals surface area (Å²) in [5.74, 6) is -0.622. The first-order chi connectivity index (χ1) is 9.52. The van der Waals surface area contributed by atoms with Crippen molar-refractivity contribution in [2.75, 3.05) is 19.8 Å². The van der Waals surface area contributed by atoms with Crippen molar-refractivity contribution >= 4 is 17.6 Å². The fourth-order valence-corrected chi connectivity index (χ4v) is 2.60. The second kappa shape index (κ2) is 5.97. The molecule has 0 radical (unpaired) electrons. The average Bonchev–Trinajstić information content (AvgIpc) is 2.41. The van der Waals surface area contributed by atoms with E-state index in [0.29, 0.717) is 24.3 Å². The van der Waals surface area contributed by atoms with E-state index in [0.717, 1.165) is 0 Å². The number of hydrogen-bond donors (Lipinski definition) is 1. The lowest BCUT2D eigenvalue weighted by atomic mass is 9.74. The van der Waals surface area contributed by atoms with E-state index in [1.54, 1.807) is 6.92 Å². The highest BCUT2D eigenvalue weighted by Crippen LogP contribution is 2.43. The van der Waals surface area contributed by atoms with Crippen molar-refractivity contribution in [3.05, 3.63) is 28.5 Å². The third kappa shape index (κ3) is 2.74. The maximum absolute atomic E-state index is 13.7. The lowest BCUT2D eigenvalue weighted by molar-refractivity contribution is -0.145. The Balaban J connectivity index is 2.41. The summed E-state index contributed by atoms with van der Waals surface area (Å²) in [6, 6.07) is 2.60. The number of benzene rings is 1. The minimum Gasteiger partial charge on any atom is -0.493 e. The molecule has 1 aromatic carbocycles. The number of esters is 1. The normalized spacial score (nSPS) is 21.0. The van der Waals surface area contributed by atoms with Crippen LogP contribution in [0.5, 0.6) is 5.75 Å². The summed E-state index contributed by atoms with van der Waals surface area (Å²) in [5, 5.41) is 9.70. The van der Waals surface area contributed by atoms with Gasteiger partial charge < -0.3 is 14.6 Å². The van der Waals surface area contributed by atoms with Crippen LogP contribution in [0, 0.1) is 5.82 Å². The molecule has 0 spiro atoms. The molecule has 0 bridgehead atoms. The molecule has 1 aromatic rings. The van der Waals surface area contributed by atoms with Crippen LogP contribution >= 0.6 is 11.6 Å². The van der Waals surface area contributed by atoms with Crippen LogP contribution < -0.4 is 4.74 Å². The molecule has 4 nitrogen and oxygen atoms in total. The Morgan fingerprint density at radius 3 is 3.00 bits per heavy atom. The minimum absolute atomic E-state index is 0.0191. The number of halogens is 2. The Morgan fingerprint density at radius 2 is 2.35 bits per heavy atom. The van der Waals surface area contributed by atoms with Gasteiger partial charge >= 0.3 is 5.97 Å². The molecule has 1 unspecified atom stereocenters. The lowest BCUT2D eigenvalue weighted by Gasteiger charge is -2.36. The van der Waals surface area contributed by atoms with Gasteiger partial charge in [0.15, 0.2) is 0 Å². The molecule has 1 N–H and O–H groups in total. The van der Waals surface area contributed by atoms with Gasteiger partial charge in [-0.3, -0.25) is 4.79 Å². The van der Waals surface area contributed by atoms with Gasteiger partial charge in [-0.2, -0.15) is 0 Å². The van der Waals surface area contributed by atoms with Gasteiger partial charge in [0.2, 0.25) is 0 Å². The van der Waals surface area contributed by atoms with Crippen molar-refractivity contribution < 1.29 is 23.8 Å². The van der Waals surface area contributed by atoms with Crippen LogP contribution in [-0.4, -0.2) is 30.9 Å². The van der Waals surface area contributed by atoms with Crippen LogP contribution in [0.1, 0.15) is 25.3 Å². The Kier molecular flexibility index (Phi) is 4.50. The van der Waals surface area contributed by atoms with Crippen LogP contribution in [0.15, 0.2) is 12.1 Å². The molecule has 2 rings (SSSR count). The number of hydrogen-bond acceptors (Lipinski definition) is 4. The highest BCUT2D eigenvalue weighted by atomic mass is 35.5. The zero-order valence-corrected chi connectivity index (χ0v) is 11.9. The molecule has 1 heterocycles. The number of rotatable bonds is 4. The molecule has 1 aliphatic heterocycles. The summed E-state index contributed by atoms with van der Waals surface area (Å²) in [7, 11) is 0. The largest absolute Gasteiger partial charge is 0.493 e. The second-order valence-electron chi connectivity index (χ2n) is 4.78. The number of carbonyl (C=O) groups is 1. The molecule has 0 saturated heterocycles. The van der Waals surface area contributed by atoms with Crippen LogP contribution in [0.25, 0.3) is 0 Å². The van der Waals surface area contributed by atoms with Crippen molar-refractivity contribution in [1.29, 1.82) is 0 Å². The van der Waals surface area contributed by atoms with Crippen molar-refractivity contribution in [3.63, 3.8) is 0 Å². The summed E-state index contributed by atoms with van der Waals surface area (Å²) in [6.07, 6.45) is 0.394. The first-order valence-electron chi connectivity index (χ1n) is 6.41. The highest BCUT2D eigenvalue weighted by molar-refractivity contribution is 6.30. The zero-order valence-electron chi connectivity index (χ0n) is 11.1. The van der Waals surface area contributed by atoms with Gasteiger partial charge in [0.05, 0.1) is 31.3 Å². The van der Waals surface area contributed by atoms with Crippen LogP contribution in [0.2, 0.25) is 5.02 Å². The number of ether oxygens (including phenoxy) is 2. The first-order valence-corrected chi connectivity index (χ1v) is 6.79. The molecular weight excluding hydrogens is 287 g/mol. The molecule has 0 saturated carbocycles. The third-order valence-electron chi connectivity index (χ3n) is 3.52. The highest BCUT2D eigenvalue weighted by Gasteiger charge is 2.40. The zero-order chi connectivity index (χ0) is 14.8. The van der Waals surface area contributed by atoms with Crippen molar-refractivity contribution in [1.82, 2.24) is 0 Å². The van der Waals surface area contributed by atoms with Crippen molar-refractivity contribution in [2.45, 2.75) is 25.2 Å². The lowest BCUT2D eigenvalue weighted by Crippen LogP contribution is -2.39. The molecule has 0 aliphatic carbocycles. The molecule has 20 heavy (non-hydrogen) atoms. The molecule has 6 heteroatoms. The molecular formula is C14H16ClFO4. The molecule has 0 amide bonds. The van der Waals surface area contributed by atoms with Crippen molar-refractivity contribution in [2.24, 2.45) is 0 Å². The fourth-order valence-electron chi connectivity index (χ4n) is 2.45. The molecule has 0 fully saturated rings. The van der Waals surface area contributed by atoms with Gasteiger partial charge in [0, 0.05) is 17.0 Å². The van der Waals surface area contributed by atoms with Gasteiger partial charge in [0.1, 0.15) is 11.6 Å². The van der Waals surface area contributed by atoms with Crippen molar-refractivity contribution in [3.8, 4) is 5.75 Å². The SMILES string of the molecule is CCOC(=O)CC1(CO)CCOc2cc(Cl)c(F)cc21. The summed E-state index contributed by atoms with van der Waals surface area (Å²) >= 11 is 5.73. The van der Waals surface area contributed by atoms with Gasteiger partial charge in [0.25, 0.3) is 0 Å². The maximum atomic E-state index is 13.7. The van der Waals surface area contributed by atoms with E-state index >= 15 is 0 Å². The predicted molar refractivity (Wildman–Crippen MR) is 71.5 cm³/mol. The van der Waals surface area contributed by atoms with E-state index < -0.39 is 17.2 Å². The molecule has 110 valence electrons. The van der Waals surface area contributed by atoms with E-state index in [1.807, 2.05) is 0 Å². The number of aliphatic hydroxyl groups excluding tert-OH is 1. The Bertz CT molecular complexity index is 520. The smallest absolute Gasteiger partial charge is 0.306 e. The quantitative estimate of drug-likeness (QED) is 0.868. The number of aliphatic hydroxyl groups is 1. The predicted octanol–water partition coefficient (Wildman–Crippen LogP) is 2.44. The average molecular weight is 303 g/mol. The van der Waals surface area contributed by atoms with Gasteiger partial charge in [-0.05, 0) is 19.4 Å². The monoisotopic (exact) mass is 302 g/mol. The Hall–Kier alpha value is -1.33. The topological polar surface area (TPSA) is 55.8 Å². The molecule has 1 atom stereocenters. The third-order valence-corrected chi connectivity index (χ3v) is 3.81. The second-order valence-corrected chi connectivity index (χ2v) is 5.19. The van der Waals surface area contributed by atoms with E-state index in [4.69, 9.17) is 21.1 Å². The summed E-state index contributed by atoms with van der Waals surface area (Å²) in [5.41, 5.74) is -0.424. The number of fused-ring (bicyclic) bond motifs is 1. The first kappa shape index (κ1) is 15.1. The summed E-state index contributed by atoms with van der Waals surface area (Å²) < 4.78 is 24.1. The van der Waals surface area contributed by atoms with E-state index in [1.165, 1.54) is 12.1 Å². The van der Waals surface area contributed by atoms with Crippen LogP contribution in [0.4, 0.5) is 4.39 Å². The molecule has 0 aromatic heterocycles. The minimum atomic E-state index is -0.884. The number of carbonyl (C=O) groups excluding carboxylic acids is 1. The van der Waals surface area contributed by atoms with Crippen LogP contribution in [0.3, 0.4) is 0 Å². The Morgan fingerprint density at radius 1 is 1.60 bits per heavy atom. The van der Waals surface area contributed by atoms with Crippen LogP contribution in [-0.2, 0) is 14.9 Å². The maximum Gasteiger partial charge on any atom is 0.306 e. The van der Waals surface area contributed by atoms with Gasteiger partial charge in [-0.25, -0.2) is 4.39 Å². The Labute approximate surface area is 121 Å². The fraction of sp³-hybridized carbons (Fsp3) is 0.500. The van der Waals surface area contributed by atoms with E-state index in [9.17, 15) is 14.3 Å².